The molecule has 2 atom stereocenters. The third-order valence-electron chi connectivity index (χ3n) is 6.31. The fraction of sp³-hybridized carbons (Fsp3) is 0.500. The lowest BCUT2D eigenvalue weighted by molar-refractivity contribution is -0.143. The Morgan fingerprint density at radius 3 is 2.13 bits per heavy atom. The molecule has 0 spiro atoms. The van der Waals surface area contributed by atoms with Crippen LogP contribution in [0.3, 0.4) is 0 Å². The number of amides is 2. The molecular formula is C26H29F6N3O4. The Labute approximate surface area is 221 Å². The fourth-order valence-electron chi connectivity index (χ4n) is 4.56. The minimum absolute atomic E-state index is 0.0370. The maximum atomic E-state index is 13.5. The molecule has 3 rings (SSSR count). The largest absolute Gasteiger partial charge is 0.481 e. The van der Waals surface area contributed by atoms with Gasteiger partial charge in [-0.2, -0.15) is 26.3 Å². The number of ether oxygens (including phenoxy) is 2. The quantitative estimate of drug-likeness (QED) is 0.365. The number of halogens is 6. The van der Waals surface area contributed by atoms with E-state index in [2.05, 4.69) is 4.98 Å². The zero-order valence-electron chi connectivity index (χ0n) is 22.0. The number of carbonyl (C=O) groups is 2. The molecule has 2 unspecified atom stereocenters. The van der Waals surface area contributed by atoms with Gasteiger partial charge in [-0.25, -0.2) is 9.78 Å². The summed E-state index contributed by atoms with van der Waals surface area (Å²) in [4.78, 5) is 32.9. The third kappa shape index (κ3) is 6.74. The molecule has 0 aliphatic carbocycles. The summed E-state index contributed by atoms with van der Waals surface area (Å²) in [5, 5.41) is 0. The summed E-state index contributed by atoms with van der Waals surface area (Å²) >= 11 is 0. The van der Waals surface area contributed by atoms with Crippen LogP contribution in [-0.2, 0) is 28.4 Å². The highest BCUT2D eigenvalue weighted by Crippen LogP contribution is 2.43. The van der Waals surface area contributed by atoms with E-state index < -0.39 is 60.2 Å². The molecule has 1 aliphatic heterocycles. The first kappa shape index (κ1) is 30.0. The molecule has 0 fully saturated rings. The molecule has 0 saturated carbocycles. The van der Waals surface area contributed by atoms with E-state index in [1.807, 2.05) is 0 Å². The van der Waals surface area contributed by atoms with Crippen LogP contribution in [0.4, 0.5) is 36.8 Å². The van der Waals surface area contributed by atoms with Gasteiger partial charge in [0.2, 0.25) is 11.8 Å². The zero-order chi connectivity index (χ0) is 29.3. The van der Waals surface area contributed by atoms with Gasteiger partial charge in [-0.3, -0.25) is 9.69 Å². The van der Waals surface area contributed by atoms with Gasteiger partial charge in [0.1, 0.15) is 0 Å². The molecule has 0 bridgehead atoms. The van der Waals surface area contributed by atoms with Crippen LogP contribution in [0.2, 0.25) is 0 Å². The van der Waals surface area contributed by atoms with E-state index in [1.165, 1.54) is 25.0 Å². The number of pyridine rings is 1. The van der Waals surface area contributed by atoms with Crippen LogP contribution < -0.4 is 9.64 Å². The molecule has 2 aromatic rings. The maximum Gasteiger partial charge on any atom is 0.416 e. The number of fused-ring (bicyclic) bond motifs is 1. The van der Waals surface area contributed by atoms with Crippen molar-refractivity contribution >= 4 is 17.7 Å². The second-order valence-electron chi connectivity index (χ2n) is 9.44. The van der Waals surface area contributed by atoms with Gasteiger partial charge in [0.15, 0.2) is 0 Å². The zero-order valence-corrected chi connectivity index (χ0v) is 22.0. The minimum atomic E-state index is -5.03. The SMILES string of the molecule is CCC1CC(N(Cc2cc(C(F)(F)F)cc(C(F)(F)F)c2)C(C)=O)c2nc(OC)ccc2N1C(=O)OC(C)C. The van der Waals surface area contributed by atoms with Crippen molar-refractivity contribution in [1.29, 1.82) is 0 Å². The first-order valence-corrected chi connectivity index (χ1v) is 12.2. The summed E-state index contributed by atoms with van der Waals surface area (Å²) in [7, 11) is 1.36. The third-order valence-corrected chi connectivity index (χ3v) is 6.31. The number of methoxy groups -OCH3 is 1. The van der Waals surface area contributed by atoms with Crippen LogP contribution >= 0.6 is 0 Å². The lowest BCUT2D eigenvalue weighted by Crippen LogP contribution is -2.49. The molecule has 0 N–H and O–H groups in total. The number of benzene rings is 1. The summed E-state index contributed by atoms with van der Waals surface area (Å²) in [5.41, 5.74) is -2.80. The summed E-state index contributed by atoms with van der Waals surface area (Å²) in [5.74, 6) is -0.456. The molecule has 0 radical (unpaired) electrons. The number of rotatable bonds is 6. The lowest BCUT2D eigenvalue weighted by Gasteiger charge is -2.43. The first-order chi connectivity index (χ1) is 18.1. The number of alkyl halides is 6. The van der Waals surface area contributed by atoms with Crippen LogP contribution in [0, 0.1) is 0 Å². The first-order valence-electron chi connectivity index (χ1n) is 12.2. The van der Waals surface area contributed by atoms with Crippen LogP contribution in [0.1, 0.15) is 69.0 Å². The van der Waals surface area contributed by atoms with Crippen LogP contribution in [0.25, 0.3) is 0 Å². The maximum absolute atomic E-state index is 13.5. The number of anilines is 1. The molecule has 13 heteroatoms. The Morgan fingerprint density at radius 1 is 1.08 bits per heavy atom. The van der Waals surface area contributed by atoms with Gasteiger partial charge in [0, 0.05) is 25.6 Å². The van der Waals surface area contributed by atoms with Gasteiger partial charge in [-0.15, -0.1) is 0 Å². The van der Waals surface area contributed by atoms with Crippen molar-refractivity contribution in [2.24, 2.45) is 0 Å². The van der Waals surface area contributed by atoms with Gasteiger partial charge in [-0.05, 0) is 56.5 Å². The predicted molar refractivity (Wildman–Crippen MR) is 129 cm³/mol. The minimum Gasteiger partial charge on any atom is -0.481 e. The van der Waals surface area contributed by atoms with Crippen molar-refractivity contribution in [2.45, 2.75) is 77.6 Å². The smallest absolute Gasteiger partial charge is 0.416 e. The summed E-state index contributed by atoms with van der Waals surface area (Å²) < 4.78 is 91.3. The van der Waals surface area contributed by atoms with Gasteiger partial charge in [0.05, 0.1) is 41.8 Å². The Bertz CT molecular complexity index is 1180. The van der Waals surface area contributed by atoms with Crippen molar-refractivity contribution in [3.05, 3.63) is 52.7 Å². The molecule has 39 heavy (non-hydrogen) atoms. The van der Waals surface area contributed by atoms with Crippen molar-refractivity contribution in [3.63, 3.8) is 0 Å². The molecule has 7 nitrogen and oxygen atoms in total. The number of hydrogen-bond acceptors (Lipinski definition) is 5. The topological polar surface area (TPSA) is 72.0 Å². The summed E-state index contributed by atoms with van der Waals surface area (Å²) in [6.45, 7) is 5.78. The highest BCUT2D eigenvalue weighted by atomic mass is 19.4. The van der Waals surface area contributed by atoms with E-state index in [0.717, 1.165) is 4.90 Å². The molecule has 0 saturated heterocycles. The van der Waals surface area contributed by atoms with E-state index in [0.29, 0.717) is 24.2 Å². The Balaban J connectivity index is 2.14. The van der Waals surface area contributed by atoms with E-state index in [-0.39, 0.29) is 29.6 Å². The standard InChI is InChI=1S/C26H29F6N3O4/c1-6-19-12-21(23-20(7-8-22(33-23)38-5)35(19)24(37)39-14(2)3)34(15(4)36)13-16-9-17(25(27,28)29)11-18(10-16)26(30,31)32/h7-11,14,19,21H,6,12-13H2,1-5H3. The molecule has 2 amide bonds. The van der Waals surface area contributed by atoms with Crippen molar-refractivity contribution in [3.8, 4) is 5.88 Å². The fourth-order valence-corrected chi connectivity index (χ4v) is 4.56. The summed E-state index contributed by atoms with van der Waals surface area (Å²) in [6.07, 6.45) is -10.6. The van der Waals surface area contributed by atoms with Gasteiger partial charge in [-0.1, -0.05) is 6.92 Å². The molecule has 1 aromatic carbocycles. The Morgan fingerprint density at radius 2 is 1.67 bits per heavy atom. The van der Waals surface area contributed by atoms with Crippen molar-refractivity contribution < 1.29 is 45.4 Å². The average Bonchev–Trinajstić information content (AvgIpc) is 2.84. The van der Waals surface area contributed by atoms with E-state index in [1.54, 1.807) is 26.8 Å². The van der Waals surface area contributed by atoms with Gasteiger partial charge in [0.25, 0.3) is 0 Å². The number of hydrogen-bond donors (Lipinski definition) is 0. The Hall–Kier alpha value is -3.51. The molecule has 1 aromatic heterocycles. The number of aromatic nitrogens is 1. The van der Waals surface area contributed by atoms with E-state index in [4.69, 9.17) is 9.47 Å². The average molecular weight is 562 g/mol. The molecule has 1 aliphatic rings. The van der Waals surface area contributed by atoms with Crippen molar-refractivity contribution in [2.75, 3.05) is 12.0 Å². The number of nitrogens with zero attached hydrogens (tertiary/aromatic N) is 3. The van der Waals surface area contributed by atoms with Crippen LogP contribution in [-0.4, -0.2) is 41.1 Å². The van der Waals surface area contributed by atoms with Gasteiger partial charge >= 0.3 is 18.4 Å². The Kier molecular flexibility index (Phi) is 8.71. The molecule has 2 heterocycles. The normalized spacial score (nSPS) is 17.6. The van der Waals surface area contributed by atoms with Crippen molar-refractivity contribution in [1.82, 2.24) is 9.88 Å². The van der Waals surface area contributed by atoms with E-state index >= 15 is 0 Å². The van der Waals surface area contributed by atoms with Crippen LogP contribution in [0.5, 0.6) is 5.88 Å². The lowest BCUT2D eigenvalue weighted by atomic mass is 9.91. The monoisotopic (exact) mass is 561 g/mol. The second-order valence-corrected chi connectivity index (χ2v) is 9.44. The predicted octanol–water partition coefficient (Wildman–Crippen LogP) is 6.75. The number of carbonyl (C=O) groups excluding carboxylic acids is 2. The summed E-state index contributed by atoms with van der Waals surface area (Å²) in [6, 6.07) is 2.90. The second kappa shape index (κ2) is 11.3. The molecule has 214 valence electrons. The highest BCUT2D eigenvalue weighted by Gasteiger charge is 2.42. The van der Waals surface area contributed by atoms with E-state index in [9.17, 15) is 35.9 Å². The molecular weight excluding hydrogens is 532 g/mol. The van der Waals surface area contributed by atoms with Gasteiger partial charge < -0.3 is 14.4 Å². The van der Waals surface area contributed by atoms with Crippen LogP contribution in [0.15, 0.2) is 30.3 Å². The highest BCUT2D eigenvalue weighted by molar-refractivity contribution is 5.90.